The van der Waals surface area contributed by atoms with Crippen LogP contribution in [0.25, 0.3) is 0 Å². The van der Waals surface area contributed by atoms with Gasteiger partial charge in [0, 0.05) is 31.1 Å². The van der Waals surface area contributed by atoms with Crippen LogP contribution in [0.5, 0.6) is 0 Å². The van der Waals surface area contributed by atoms with Gasteiger partial charge in [0.1, 0.15) is 0 Å². The van der Waals surface area contributed by atoms with Gasteiger partial charge in [0.15, 0.2) is 0 Å². The van der Waals surface area contributed by atoms with E-state index in [0.29, 0.717) is 17.9 Å². The van der Waals surface area contributed by atoms with E-state index in [1.54, 1.807) is 0 Å². The molecule has 2 aliphatic rings. The Kier molecular flexibility index (Phi) is 4.99. The van der Waals surface area contributed by atoms with E-state index in [1.165, 1.54) is 0 Å². The fourth-order valence-corrected chi connectivity index (χ4v) is 4.11. The van der Waals surface area contributed by atoms with Crippen molar-refractivity contribution in [3.05, 3.63) is 0 Å². The van der Waals surface area contributed by atoms with Crippen LogP contribution in [0.3, 0.4) is 0 Å². The molecule has 1 aliphatic heterocycles. The number of carbonyl (C=O) groups is 1. The lowest BCUT2D eigenvalue weighted by molar-refractivity contribution is -0.145. The molecule has 0 aromatic rings. The molecule has 1 aliphatic carbocycles. The van der Waals surface area contributed by atoms with E-state index < -0.39 is 0 Å². The third-order valence-corrected chi connectivity index (χ3v) is 6.31. The summed E-state index contributed by atoms with van der Waals surface area (Å²) in [6.07, 6.45) is 4.13. The molecule has 3 unspecified atom stereocenters. The average molecular weight is 295 g/mol. The Morgan fingerprint density at radius 3 is 2.24 bits per heavy atom. The van der Waals surface area contributed by atoms with Gasteiger partial charge >= 0.3 is 0 Å². The van der Waals surface area contributed by atoms with Crippen LogP contribution >= 0.6 is 0 Å². The molecule has 2 fully saturated rings. The van der Waals surface area contributed by atoms with Gasteiger partial charge in [-0.15, -0.1) is 0 Å². The first-order valence-electron chi connectivity index (χ1n) is 8.46. The van der Waals surface area contributed by atoms with E-state index in [-0.39, 0.29) is 17.4 Å². The van der Waals surface area contributed by atoms with Crippen LogP contribution in [0.4, 0.5) is 0 Å². The SMILES string of the molecule is CC1C(N)CCC(C(=O)N2CCC(N(C)C)CC2)C1(C)C. The zero-order valence-electron chi connectivity index (χ0n) is 14.4. The van der Waals surface area contributed by atoms with Gasteiger partial charge in [0.2, 0.25) is 5.91 Å². The lowest BCUT2D eigenvalue weighted by Crippen LogP contribution is -2.54. The Bertz CT molecular complexity index is 372. The molecule has 1 heterocycles. The van der Waals surface area contributed by atoms with Crippen molar-refractivity contribution in [1.29, 1.82) is 0 Å². The van der Waals surface area contributed by atoms with E-state index in [4.69, 9.17) is 5.73 Å². The van der Waals surface area contributed by atoms with Crippen LogP contribution in [-0.2, 0) is 4.79 Å². The molecule has 1 saturated heterocycles. The second-order valence-corrected chi connectivity index (χ2v) is 7.92. The zero-order chi connectivity index (χ0) is 15.8. The summed E-state index contributed by atoms with van der Waals surface area (Å²) in [4.78, 5) is 17.4. The lowest BCUT2D eigenvalue weighted by Gasteiger charge is -2.48. The third-order valence-electron chi connectivity index (χ3n) is 6.31. The normalized spacial score (nSPS) is 34.2. The van der Waals surface area contributed by atoms with Gasteiger partial charge in [-0.05, 0) is 51.1 Å². The molecular weight excluding hydrogens is 262 g/mol. The smallest absolute Gasteiger partial charge is 0.226 e. The van der Waals surface area contributed by atoms with Crippen molar-refractivity contribution in [1.82, 2.24) is 9.80 Å². The molecule has 0 radical (unpaired) electrons. The summed E-state index contributed by atoms with van der Waals surface area (Å²) in [7, 11) is 4.27. The number of rotatable bonds is 2. The fourth-order valence-electron chi connectivity index (χ4n) is 4.11. The van der Waals surface area contributed by atoms with E-state index in [9.17, 15) is 4.79 Å². The highest BCUT2D eigenvalue weighted by Crippen LogP contribution is 2.45. The highest BCUT2D eigenvalue weighted by atomic mass is 16.2. The molecule has 4 nitrogen and oxygen atoms in total. The zero-order valence-corrected chi connectivity index (χ0v) is 14.4. The molecule has 4 heteroatoms. The Morgan fingerprint density at radius 2 is 1.71 bits per heavy atom. The number of amides is 1. The molecular formula is C17H33N3O. The number of carbonyl (C=O) groups excluding carboxylic acids is 1. The summed E-state index contributed by atoms with van der Waals surface area (Å²) < 4.78 is 0. The first kappa shape index (κ1) is 16.8. The molecule has 0 aromatic heterocycles. The van der Waals surface area contributed by atoms with Crippen molar-refractivity contribution in [2.45, 2.75) is 58.5 Å². The number of hydrogen-bond acceptors (Lipinski definition) is 3. The Labute approximate surface area is 130 Å². The molecule has 2 N–H and O–H groups in total. The number of nitrogens with zero attached hydrogens (tertiary/aromatic N) is 2. The second kappa shape index (κ2) is 6.25. The molecule has 1 saturated carbocycles. The molecule has 0 bridgehead atoms. The molecule has 122 valence electrons. The lowest BCUT2D eigenvalue weighted by atomic mass is 9.60. The van der Waals surface area contributed by atoms with Crippen molar-refractivity contribution in [2.75, 3.05) is 27.2 Å². The first-order valence-corrected chi connectivity index (χ1v) is 8.46. The molecule has 3 atom stereocenters. The maximum Gasteiger partial charge on any atom is 0.226 e. The summed E-state index contributed by atoms with van der Waals surface area (Å²) in [5.74, 6) is 0.915. The Morgan fingerprint density at radius 1 is 1.14 bits per heavy atom. The van der Waals surface area contributed by atoms with Gasteiger partial charge in [0.05, 0.1) is 0 Å². The van der Waals surface area contributed by atoms with Crippen LogP contribution in [0.2, 0.25) is 0 Å². The number of nitrogens with two attached hydrogens (primary N) is 1. The number of piperidine rings is 1. The summed E-state index contributed by atoms with van der Waals surface area (Å²) in [6, 6.07) is 0.865. The molecule has 0 aromatic carbocycles. The van der Waals surface area contributed by atoms with Crippen molar-refractivity contribution >= 4 is 5.91 Å². The predicted octanol–water partition coefficient (Wildman–Crippen LogP) is 1.94. The standard InChI is InChI=1S/C17H33N3O/c1-12-15(18)7-6-14(17(12,2)3)16(21)20-10-8-13(9-11-20)19(4)5/h12-15H,6-11,18H2,1-5H3. The van der Waals surface area contributed by atoms with Crippen molar-refractivity contribution in [3.63, 3.8) is 0 Å². The Hall–Kier alpha value is -0.610. The third kappa shape index (κ3) is 3.26. The van der Waals surface area contributed by atoms with Gasteiger partial charge in [-0.2, -0.15) is 0 Å². The van der Waals surface area contributed by atoms with Crippen LogP contribution in [0.1, 0.15) is 46.5 Å². The van der Waals surface area contributed by atoms with E-state index in [0.717, 1.165) is 38.8 Å². The topological polar surface area (TPSA) is 49.6 Å². The predicted molar refractivity (Wildman–Crippen MR) is 86.9 cm³/mol. The first-order chi connectivity index (χ1) is 9.75. The van der Waals surface area contributed by atoms with Crippen LogP contribution < -0.4 is 5.73 Å². The minimum atomic E-state index is 0.00709. The molecule has 21 heavy (non-hydrogen) atoms. The second-order valence-electron chi connectivity index (χ2n) is 7.92. The maximum atomic E-state index is 13.0. The minimum Gasteiger partial charge on any atom is -0.342 e. The van der Waals surface area contributed by atoms with Crippen molar-refractivity contribution in [2.24, 2.45) is 23.0 Å². The van der Waals surface area contributed by atoms with Crippen molar-refractivity contribution < 1.29 is 4.79 Å². The van der Waals surface area contributed by atoms with Gasteiger partial charge in [-0.25, -0.2) is 0 Å². The molecule has 0 spiro atoms. The highest BCUT2D eigenvalue weighted by Gasteiger charge is 2.46. The monoisotopic (exact) mass is 295 g/mol. The van der Waals surface area contributed by atoms with Crippen molar-refractivity contribution in [3.8, 4) is 0 Å². The highest BCUT2D eigenvalue weighted by molar-refractivity contribution is 5.80. The number of likely N-dealkylation sites (tertiary alicyclic amines) is 1. The summed E-state index contributed by atoms with van der Waals surface area (Å²) >= 11 is 0. The largest absolute Gasteiger partial charge is 0.342 e. The summed E-state index contributed by atoms with van der Waals surface area (Å²) in [5.41, 5.74) is 6.22. The van der Waals surface area contributed by atoms with Gasteiger partial charge < -0.3 is 15.5 Å². The quantitative estimate of drug-likeness (QED) is 0.847. The van der Waals surface area contributed by atoms with Crippen LogP contribution in [-0.4, -0.2) is 55.0 Å². The van der Waals surface area contributed by atoms with Gasteiger partial charge in [0.25, 0.3) is 0 Å². The van der Waals surface area contributed by atoms with Gasteiger partial charge in [-0.1, -0.05) is 20.8 Å². The Balaban J connectivity index is 2.00. The summed E-state index contributed by atoms with van der Waals surface area (Å²) in [5, 5.41) is 0. The summed E-state index contributed by atoms with van der Waals surface area (Å²) in [6.45, 7) is 8.49. The maximum absolute atomic E-state index is 13.0. The van der Waals surface area contributed by atoms with E-state index in [1.807, 2.05) is 0 Å². The van der Waals surface area contributed by atoms with Crippen LogP contribution in [0.15, 0.2) is 0 Å². The van der Waals surface area contributed by atoms with E-state index >= 15 is 0 Å². The fraction of sp³-hybridized carbons (Fsp3) is 0.941. The average Bonchev–Trinajstić information content (AvgIpc) is 2.44. The minimum absolute atomic E-state index is 0.00709. The van der Waals surface area contributed by atoms with E-state index in [2.05, 4.69) is 44.7 Å². The van der Waals surface area contributed by atoms with Gasteiger partial charge in [-0.3, -0.25) is 4.79 Å². The van der Waals surface area contributed by atoms with Crippen LogP contribution in [0, 0.1) is 17.3 Å². The molecule has 1 amide bonds. The number of hydrogen-bond donors (Lipinski definition) is 1. The molecule has 2 rings (SSSR count).